The molecule has 4 N–H and O–H groups in total. The van der Waals surface area contributed by atoms with Gasteiger partial charge in [0.1, 0.15) is 6.04 Å². The number of aliphatic carboxylic acids is 1. The summed E-state index contributed by atoms with van der Waals surface area (Å²) in [7, 11) is 0. The summed E-state index contributed by atoms with van der Waals surface area (Å²) in [4.78, 5) is 23.0. The summed E-state index contributed by atoms with van der Waals surface area (Å²) in [6, 6.07) is -0.825. The van der Waals surface area contributed by atoms with E-state index in [1.165, 1.54) is 0 Å². The smallest absolute Gasteiger partial charge is 0.326 e. The van der Waals surface area contributed by atoms with E-state index in [4.69, 9.17) is 10.8 Å². The Labute approximate surface area is 101 Å². The number of carboxylic acid groups (broad SMARTS) is 1. The summed E-state index contributed by atoms with van der Waals surface area (Å²) >= 11 is 0. The van der Waals surface area contributed by atoms with Crippen molar-refractivity contribution in [1.29, 1.82) is 0 Å². The van der Waals surface area contributed by atoms with Crippen molar-refractivity contribution in [2.24, 2.45) is 17.6 Å². The van der Waals surface area contributed by atoms with Crippen molar-refractivity contribution in [3.8, 4) is 0 Å². The standard InChI is InChI=1S/C12H20N2O3/c13-9-4-2-1-3-8(9)11(15)14-10(12(16)17)7-5-6-7/h7-10H,1-6,13H2,(H,14,15)(H,16,17). The van der Waals surface area contributed by atoms with Crippen LogP contribution in [0.2, 0.25) is 0 Å². The highest BCUT2D eigenvalue weighted by Gasteiger charge is 2.39. The molecule has 2 aliphatic rings. The molecule has 0 bridgehead atoms. The second kappa shape index (κ2) is 5.04. The number of carboxylic acids is 1. The number of nitrogens with two attached hydrogens (primary N) is 1. The van der Waals surface area contributed by atoms with Crippen LogP contribution in [0.15, 0.2) is 0 Å². The van der Waals surface area contributed by atoms with Gasteiger partial charge in [-0.25, -0.2) is 4.79 Å². The maximum atomic E-state index is 12.0. The van der Waals surface area contributed by atoms with Crippen LogP contribution in [0.4, 0.5) is 0 Å². The first-order chi connectivity index (χ1) is 8.09. The van der Waals surface area contributed by atoms with Crippen molar-refractivity contribution in [1.82, 2.24) is 5.32 Å². The Morgan fingerprint density at radius 1 is 1.18 bits per heavy atom. The number of carbonyl (C=O) groups is 2. The van der Waals surface area contributed by atoms with Crippen LogP contribution in [0.25, 0.3) is 0 Å². The second-order valence-corrected chi connectivity index (χ2v) is 5.22. The summed E-state index contributed by atoms with van der Waals surface area (Å²) in [5.41, 5.74) is 5.92. The highest BCUT2D eigenvalue weighted by molar-refractivity contribution is 5.85. The molecule has 5 heteroatoms. The van der Waals surface area contributed by atoms with E-state index in [1.807, 2.05) is 0 Å². The average molecular weight is 240 g/mol. The second-order valence-electron chi connectivity index (χ2n) is 5.22. The molecule has 2 aliphatic carbocycles. The zero-order chi connectivity index (χ0) is 12.4. The molecule has 0 radical (unpaired) electrons. The van der Waals surface area contributed by atoms with Gasteiger partial charge in [0.2, 0.25) is 5.91 Å². The van der Waals surface area contributed by atoms with Gasteiger partial charge >= 0.3 is 5.97 Å². The third-order valence-electron chi connectivity index (χ3n) is 3.81. The number of hydrogen-bond donors (Lipinski definition) is 3. The molecular weight excluding hydrogens is 220 g/mol. The van der Waals surface area contributed by atoms with Crippen LogP contribution in [-0.4, -0.2) is 29.1 Å². The number of hydrogen-bond acceptors (Lipinski definition) is 3. The van der Waals surface area contributed by atoms with E-state index < -0.39 is 12.0 Å². The van der Waals surface area contributed by atoms with Gasteiger partial charge < -0.3 is 16.2 Å². The van der Waals surface area contributed by atoms with Gasteiger partial charge in [-0.3, -0.25) is 4.79 Å². The van der Waals surface area contributed by atoms with Crippen molar-refractivity contribution in [3.63, 3.8) is 0 Å². The highest BCUT2D eigenvalue weighted by Crippen LogP contribution is 2.33. The van der Waals surface area contributed by atoms with Crippen molar-refractivity contribution in [2.45, 2.75) is 50.6 Å². The van der Waals surface area contributed by atoms with Crippen molar-refractivity contribution >= 4 is 11.9 Å². The van der Waals surface area contributed by atoms with Gasteiger partial charge in [-0.2, -0.15) is 0 Å². The van der Waals surface area contributed by atoms with Gasteiger partial charge in [0.05, 0.1) is 5.92 Å². The summed E-state index contributed by atoms with van der Waals surface area (Å²) in [6.45, 7) is 0. The first kappa shape index (κ1) is 12.4. The lowest BCUT2D eigenvalue weighted by Crippen LogP contribution is -2.50. The molecule has 3 atom stereocenters. The van der Waals surface area contributed by atoms with E-state index in [2.05, 4.69) is 5.32 Å². The zero-order valence-corrected chi connectivity index (χ0v) is 9.89. The summed E-state index contributed by atoms with van der Waals surface area (Å²) in [5.74, 6) is -1.18. The third-order valence-corrected chi connectivity index (χ3v) is 3.81. The fraction of sp³-hybridized carbons (Fsp3) is 0.833. The molecule has 0 spiro atoms. The molecule has 1 amide bonds. The number of rotatable bonds is 4. The molecule has 3 unspecified atom stereocenters. The van der Waals surface area contributed by atoms with Crippen LogP contribution in [0, 0.1) is 11.8 Å². The van der Waals surface area contributed by atoms with E-state index >= 15 is 0 Å². The highest BCUT2D eigenvalue weighted by atomic mass is 16.4. The van der Waals surface area contributed by atoms with Gasteiger partial charge in [0.15, 0.2) is 0 Å². The molecule has 0 aromatic rings. The zero-order valence-electron chi connectivity index (χ0n) is 9.89. The van der Waals surface area contributed by atoms with Gasteiger partial charge in [-0.1, -0.05) is 12.8 Å². The minimum absolute atomic E-state index is 0.114. The normalized spacial score (nSPS) is 30.6. The van der Waals surface area contributed by atoms with Crippen LogP contribution in [0.5, 0.6) is 0 Å². The number of amides is 1. The van der Waals surface area contributed by atoms with E-state index in [0.717, 1.165) is 38.5 Å². The summed E-state index contributed by atoms with van der Waals surface area (Å²) in [6.07, 6.45) is 5.51. The summed E-state index contributed by atoms with van der Waals surface area (Å²) < 4.78 is 0. The Bertz CT molecular complexity index is 315. The fourth-order valence-corrected chi connectivity index (χ4v) is 2.56. The van der Waals surface area contributed by atoms with E-state index in [9.17, 15) is 9.59 Å². The lowest BCUT2D eigenvalue weighted by molar-refractivity contribution is -0.143. The van der Waals surface area contributed by atoms with Crippen molar-refractivity contribution in [3.05, 3.63) is 0 Å². The Balaban J connectivity index is 1.92. The molecule has 2 fully saturated rings. The van der Waals surface area contributed by atoms with Crippen LogP contribution in [0.1, 0.15) is 38.5 Å². The monoisotopic (exact) mass is 240 g/mol. The molecule has 96 valence electrons. The Morgan fingerprint density at radius 3 is 2.35 bits per heavy atom. The lowest BCUT2D eigenvalue weighted by atomic mass is 9.84. The predicted molar refractivity (Wildman–Crippen MR) is 62.2 cm³/mol. The fourth-order valence-electron chi connectivity index (χ4n) is 2.56. The molecule has 0 saturated heterocycles. The molecule has 0 heterocycles. The molecule has 0 aliphatic heterocycles. The molecule has 5 nitrogen and oxygen atoms in total. The number of carbonyl (C=O) groups excluding carboxylic acids is 1. The van der Waals surface area contributed by atoms with Crippen molar-refractivity contribution in [2.75, 3.05) is 0 Å². The number of nitrogens with one attached hydrogen (secondary N) is 1. The molecule has 2 rings (SSSR count). The Hall–Kier alpha value is -1.10. The molecular formula is C12H20N2O3. The molecule has 2 saturated carbocycles. The van der Waals surface area contributed by atoms with E-state index in [1.54, 1.807) is 0 Å². The van der Waals surface area contributed by atoms with Crippen LogP contribution in [-0.2, 0) is 9.59 Å². The first-order valence-corrected chi connectivity index (χ1v) is 6.38. The Kier molecular flexibility index (Phi) is 3.66. The van der Waals surface area contributed by atoms with Crippen LogP contribution >= 0.6 is 0 Å². The van der Waals surface area contributed by atoms with Gasteiger partial charge in [-0.15, -0.1) is 0 Å². The van der Waals surface area contributed by atoms with Crippen LogP contribution < -0.4 is 11.1 Å². The molecule has 0 aromatic heterocycles. The minimum Gasteiger partial charge on any atom is -0.480 e. The third kappa shape index (κ3) is 2.97. The van der Waals surface area contributed by atoms with E-state index in [0.29, 0.717) is 0 Å². The van der Waals surface area contributed by atoms with Crippen molar-refractivity contribution < 1.29 is 14.7 Å². The summed E-state index contributed by atoms with van der Waals surface area (Å²) in [5, 5.41) is 11.7. The maximum Gasteiger partial charge on any atom is 0.326 e. The first-order valence-electron chi connectivity index (χ1n) is 6.38. The van der Waals surface area contributed by atoms with Gasteiger partial charge in [-0.05, 0) is 31.6 Å². The topological polar surface area (TPSA) is 92.4 Å². The SMILES string of the molecule is NC1CCCCC1C(=O)NC(C(=O)O)C1CC1. The van der Waals surface area contributed by atoms with Gasteiger partial charge in [0.25, 0.3) is 0 Å². The van der Waals surface area contributed by atoms with Gasteiger partial charge in [0, 0.05) is 6.04 Å². The van der Waals surface area contributed by atoms with Crippen LogP contribution in [0.3, 0.4) is 0 Å². The lowest BCUT2D eigenvalue weighted by Gasteiger charge is -2.28. The largest absolute Gasteiger partial charge is 0.480 e. The average Bonchev–Trinajstić information content (AvgIpc) is 3.09. The van der Waals surface area contributed by atoms with E-state index in [-0.39, 0.29) is 23.8 Å². The Morgan fingerprint density at radius 2 is 1.82 bits per heavy atom. The molecule has 0 aromatic carbocycles. The minimum atomic E-state index is -0.926. The maximum absolute atomic E-state index is 12.0. The predicted octanol–water partition coefficient (Wildman–Crippen LogP) is 0.483. The molecule has 17 heavy (non-hydrogen) atoms. The quantitative estimate of drug-likeness (QED) is 0.666.